The summed E-state index contributed by atoms with van der Waals surface area (Å²) in [5, 5.41) is 6.87. The minimum absolute atomic E-state index is 0.138. The van der Waals surface area contributed by atoms with Crippen LogP contribution in [0.1, 0.15) is 45.7 Å². The molecule has 20 heavy (non-hydrogen) atoms. The van der Waals surface area contributed by atoms with Crippen molar-refractivity contribution in [1.82, 2.24) is 10.3 Å². The number of hydrogen-bond acceptors (Lipinski definition) is 5. The number of nitrogens with zero attached hydrogens (tertiary/aromatic N) is 2. The Morgan fingerprint density at radius 2 is 2.30 bits per heavy atom. The Balaban J connectivity index is 1.66. The minimum atomic E-state index is 0.138. The maximum absolute atomic E-state index is 5.88. The molecule has 1 aliphatic carbocycles. The molecule has 2 unspecified atom stereocenters. The Labute approximate surface area is 125 Å². The van der Waals surface area contributed by atoms with Crippen molar-refractivity contribution >= 4 is 16.5 Å². The molecule has 1 aromatic heterocycles. The fraction of sp³-hybridized carbons (Fsp3) is 0.800. The zero-order valence-electron chi connectivity index (χ0n) is 12.7. The van der Waals surface area contributed by atoms with Crippen molar-refractivity contribution < 1.29 is 4.74 Å². The van der Waals surface area contributed by atoms with Gasteiger partial charge in [-0.05, 0) is 40.0 Å². The molecular weight excluding hydrogens is 270 g/mol. The normalized spacial score (nSPS) is 26.9. The van der Waals surface area contributed by atoms with Gasteiger partial charge in [0.1, 0.15) is 0 Å². The fourth-order valence-corrected chi connectivity index (χ4v) is 3.94. The summed E-state index contributed by atoms with van der Waals surface area (Å²) in [6.07, 6.45) is 4.18. The second kappa shape index (κ2) is 5.62. The van der Waals surface area contributed by atoms with Gasteiger partial charge in [0.2, 0.25) is 0 Å². The van der Waals surface area contributed by atoms with Crippen molar-refractivity contribution in [2.24, 2.45) is 0 Å². The molecule has 1 saturated heterocycles. The van der Waals surface area contributed by atoms with Crippen LogP contribution in [-0.4, -0.2) is 35.8 Å². The van der Waals surface area contributed by atoms with Gasteiger partial charge in [0.15, 0.2) is 5.13 Å². The van der Waals surface area contributed by atoms with Crippen molar-refractivity contribution in [1.29, 1.82) is 0 Å². The molecule has 1 N–H and O–H groups in total. The third-order valence-corrected chi connectivity index (χ3v) is 4.99. The molecular formula is C15H25N3OS. The molecule has 2 aliphatic rings. The number of nitrogens with one attached hydrogen (secondary N) is 1. The summed E-state index contributed by atoms with van der Waals surface area (Å²) in [5.74, 6) is 0. The Morgan fingerprint density at radius 3 is 3.10 bits per heavy atom. The highest BCUT2D eigenvalue weighted by Gasteiger charge is 2.37. The number of ether oxygens (including phenoxy) is 1. The molecule has 112 valence electrons. The number of aromatic nitrogens is 1. The molecule has 0 spiro atoms. The van der Waals surface area contributed by atoms with Gasteiger partial charge in [-0.1, -0.05) is 0 Å². The molecule has 1 aliphatic heterocycles. The molecule has 4 nitrogen and oxygen atoms in total. The van der Waals surface area contributed by atoms with Gasteiger partial charge in [-0.25, -0.2) is 4.98 Å². The van der Waals surface area contributed by atoms with Crippen LogP contribution in [-0.2, 0) is 11.3 Å². The average molecular weight is 295 g/mol. The molecule has 0 amide bonds. The fourth-order valence-electron chi connectivity index (χ4n) is 3.03. The SMILES string of the molecule is CC(C)(C)NCc1csc(N2CCOC3CCCC32)n1. The molecule has 1 saturated carbocycles. The lowest BCUT2D eigenvalue weighted by atomic mass is 10.1. The maximum atomic E-state index is 5.88. The number of hydrogen-bond donors (Lipinski definition) is 1. The highest BCUT2D eigenvalue weighted by molar-refractivity contribution is 7.13. The van der Waals surface area contributed by atoms with Gasteiger partial charge >= 0.3 is 0 Å². The van der Waals surface area contributed by atoms with Crippen LogP contribution >= 0.6 is 11.3 Å². The highest BCUT2D eigenvalue weighted by Crippen LogP contribution is 2.34. The van der Waals surface area contributed by atoms with Gasteiger partial charge in [0.25, 0.3) is 0 Å². The lowest BCUT2D eigenvalue weighted by Crippen LogP contribution is -2.48. The average Bonchev–Trinajstić information content (AvgIpc) is 3.04. The lowest BCUT2D eigenvalue weighted by Gasteiger charge is -2.37. The summed E-state index contributed by atoms with van der Waals surface area (Å²) in [5.41, 5.74) is 1.29. The molecule has 2 fully saturated rings. The number of morpholine rings is 1. The second-order valence-electron chi connectivity index (χ2n) is 6.83. The van der Waals surface area contributed by atoms with E-state index < -0.39 is 0 Å². The van der Waals surface area contributed by atoms with Gasteiger partial charge in [0.05, 0.1) is 24.4 Å². The quantitative estimate of drug-likeness (QED) is 0.930. The summed E-state index contributed by atoms with van der Waals surface area (Å²) >= 11 is 1.77. The third-order valence-electron chi connectivity index (χ3n) is 4.07. The first-order valence-electron chi connectivity index (χ1n) is 7.61. The van der Waals surface area contributed by atoms with Gasteiger partial charge in [-0.3, -0.25) is 0 Å². The Kier molecular flexibility index (Phi) is 4.02. The first kappa shape index (κ1) is 14.3. The van der Waals surface area contributed by atoms with Crippen LogP contribution in [0.15, 0.2) is 5.38 Å². The summed E-state index contributed by atoms with van der Waals surface area (Å²) in [7, 11) is 0. The Bertz CT molecular complexity index is 454. The van der Waals surface area contributed by atoms with E-state index in [9.17, 15) is 0 Å². The van der Waals surface area contributed by atoms with E-state index in [-0.39, 0.29) is 5.54 Å². The summed E-state index contributed by atoms with van der Waals surface area (Å²) in [6.45, 7) is 9.23. The van der Waals surface area contributed by atoms with E-state index in [0.717, 1.165) is 25.4 Å². The molecule has 0 aromatic carbocycles. The van der Waals surface area contributed by atoms with Crippen LogP contribution in [0.4, 0.5) is 5.13 Å². The van der Waals surface area contributed by atoms with Crippen LogP contribution in [0, 0.1) is 0 Å². The molecule has 2 atom stereocenters. The molecule has 0 radical (unpaired) electrons. The monoisotopic (exact) mass is 295 g/mol. The number of thiazole rings is 1. The van der Waals surface area contributed by atoms with Crippen molar-refractivity contribution in [3.63, 3.8) is 0 Å². The summed E-state index contributed by atoms with van der Waals surface area (Å²) in [4.78, 5) is 7.30. The summed E-state index contributed by atoms with van der Waals surface area (Å²) < 4.78 is 5.88. The zero-order valence-corrected chi connectivity index (χ0v) is 13.5. The molecule has 1 aromatic rings. The van der Waals surface area contributed by atoms with Crippen LogP contribution in [0.3, 0.4) is 0 Å². The molecule has 3 rings (SSSR count). The van der Waals surface area contributed by atoms with E-state index in [1.165, 1.54) is 24.4 Å². The lowest BCUT2D eigenvalue weighted by molar-refractivity contribution is 0.0256. The third kappa shape index (κ3) is 3.15. The van der Waals surface area contributed by atoms with Gasteiger partial charge in [-0.15, -0.1) is 11.3 Å². The first-order valence-corrected chi connectivity index (χ1v) is 8.48. The maximum Gasteiger partial charge on any atom is 0.185 e. The minimum Gasteiger partial charge on any atom is -0.374 e. The predicted molar refractivity (Wildman–Crippen MR) is 83.4 cm³/mol. The van der Waals surface area contributed by atoms with E-state index in [4.69, 9.17) is 9.72 Å². The number of rotatable bonds is 3. The van der Waals surface area contributed by atoms with E-state index in [0.29, 0.717) is 12.1 Å². The molecule has 5 heteroatoms. The topological polar surface area (TPSA) is 37.4 Å². The van der Waals surface area contributed by atoms with E-state index in [1.807, 2.05) is 0 Å². The molecule has 2 heterocycles. The van der Waals surface area contributed by atoms with E-state index in [1.54, 1.807) is 11.3 Å². The zero-order chi connectivity index (χ0) is 14.2. The van der Waals surface area contributed by atoms with Gasteiger partial charge in [-0.2, -0.15) is 0 Å². The van der Waals surface area contributed by atoms with Crippen molar-refractivity contribution in [3.8, 4) is 0 Å². The Hall–Kier alpha value is -0.650. The smallest absolute Gasteiger partial charge is 0.185 e. The number of anilines is 1. The predicted octanol–water partition coefficient (Wildman–Crippen LogP) is 2.79. The standard InChI is InChI=1S/C15H25N3OS/c1-15(2,3)16-9-11-10-20-14(17-11)18-7-8-19-13-6-4-5-12(13)18/h10,12-13,16H,4-9H2,1-3H3. The highest BCUT2D eigenvalue weighted by atomic mass is 32.1. The van der Waals surface area contributed by atoms with Crippen molar-refractivity contribution in [2.45, 2.75) is 64.3 Å². The van der Waals surface area contributed by atoms with Gasteiger partial charge in [0, 0.05) is 24.0 Å². The van der Waals surface area contributed by atoms with Crippen LogP contribution < -0.4 is 10.2 Å². The van der Waals surface area contributed by atoms with Crippen LogP contribution in [0.25, 0.3) is 0 Å². The van der Waals surface area contributed by atoms with Crippen LogP contribution in [0.2, 0.25) is 0 Å². The van der Waals surface area contributed by atoms with Crippen molar-refractivity contribution in [2.75, 3.05) is 18.1 Å². The van der Waals surface area contributed by atoms with Crippen molar-refractivity contribution in [3.05, 3.63) is 11.1 Å². The van der Waals surface area contributed by atoms with E-state index in [2.05, 4.69) is 36.4 Å². The van der Waals surface area contributed by atoms with Gasteiger partial charge < -0.3 is 15.0 Å². The van der Waals surface area contributed by atoms with E-state index >= 15 is 0 Å². The van der Waals surface area contributed by atoms with Crippen LogP contribution in [0.5, 0.6) is 0 Å². The number of fused-ring (bicyclic) bond motifs is 1. The Morgan fingerprint density at radius 1 is 1.45 bits per heavy atom. The largest absolute Gasteiger partial charge is 0.374 e. The first-order chi connectivity index (χ1) is 9.53. The second-order valence-corrected chi connectivity index (χ2v) is 7.66. The molecule has 0 bridgehead atoms. The summed E-state index contributed by atoms with van der Waals surface area (Å²) in [6, 6.07) is 0.554.